The number of carbonyl (C=O) groups excluding carboxylic acids is 3. The Labute approximate surface area is 216 Å². The smallest absolute Gasteiger partial charge is 0.257 e. The summed E-state index contributed by atoms with van der Waals surface area (Å²) in [6.45, 7) is 6.44. The first-order chi connectivity index (χ1) is 17.8. The second kappa shape index (κ2) is 10.1. The number of amides is 3. The zero-order valence-electron chi connectivity index (χ0n) is 21.4. The number of benzene rings is 3. The highest BCUT2D eigenvalue weighted by molar-refractivity contribution is 6.23. The van der Waals surface area contributed by atoms with Gasteiger partial charge in [0.25, 0.3) is 11.8 Å². The summed E-state index contributed by atoms with van der Waals surface area (Å²) in [6.07, 6.45) is 2.48. The molecule has 0 saturated carbocycles. The van der Waals surface area contributed by atoms with Crippen LogP contribution in [0.5, 0.6) is 0 Å². The maximum atomic E-state index is 13.8. The fourth-order valence-corrected chi connectivity index (χ4v) is 5.06. The number of carbonyl (C=O) groups is 3. The van der Waals surface area contributed by atoms with Gasteiger partial charge >= 0.3 is 0 Å². The van der Waals surface area contributed by atoms with Crippen molar-refractivity contribution in [1.29, 1.82) is 0 Å². The molecule has 37 heavy (non-hydrogen) atoms. The summed E-state index contributed by atoms with van der Waals surface area (Å²) in [5, 5.41) is 1.09. The number of fused-ring (bicyclic) bond motifs is 1. The maximum absolute atomic E-state index is 13.8. The van der Waals surface area contributed by atoms with Gasteiger partial charge in [0.05, 0.1) is 12.1 Å². The summed E-state index contributed by atoms with van der Waals surface area (Å²) in [4.78, 5) is 46.6. The number of para-hydroxylation sites is 1. The summed E-state index contributed by atoms with van der Waals surface area (Å²) in [5.41, 5.74) is 5.24. The molecule has 0 aliphatic carbocycles. The van der Waals surface area contributed by atoms with Crippen molar-refractivity contribution in [2.24, 2.45) is 0 Å². The summed E-state index contributed by atoms with van der Waals surface area (Å²) in [6, 6.07) is 22.0. The number of imide groups is 1. The summed E-state index contributed by atoms with van der Waals surface area (Å²) < 4.78 is 0. The third-order valence-electron chi connectivity index (χ3n) is 7.14. The average Bonchev–Trinajstić information content (AvgIpc) is 3.44. The van der Waals surface area contributed by atoms with Crippen molar-refractivity contribution in [2.45, 2.75) is 45.6 Å². The summed E-state index contributed by atoms with van der Waals surface area (Å²) in [7, 11) is 0. The van der Waals surface area contributed by atoms with Crippen molar-refractivity contribution in [3.05, 3.63) is 101 Å². The van der Waals surface area contributed by atoms with Crippen molar-refractivity contribution in [2.75, 3.05) is 11.4 Å². The first kappa shape index (κ1) is 24.5. The van der Waals surface area contributed by atoms with Crippen molar-refractivity contribution in [3.8, 4) is 0 Å². The Morgan fingerprint density at radius 1 is 1.03 bits per heavy atom. The normalized spacial score (nSPS) is 15.7. The molecule has 1 unspecified atom stereocenters. The lowest BCUT2D eigenvalue weighted by Crippen LogP contribution is -2.46. The number of hydrogen-bond donors (Lipinski definition) is 1. The van der Waals surface area contributed by atoms with Gasteiger partial charge in [0.1, 0.15) is 6.04 Å². The van der Waals surface area contributed by atoms with E-state index in [0.717, 1.165) is 27.6 Å². The third kappa shape index (κ3) is 4.79. The SMILES string of the molecule is Cc1cccc(C(=O)N(CCc2c[nH]c3ccccc23)C2CC(=O)N(c3ccc(C(C)C)cc3)C2=O)c1. The van der Waals surface area contributed by atoms with Crippen LogP contribution < -0.4 is 4.90 Å². The fraction of sp³-hybridized carbons (Fsp3) is 0.258. The Morgan fingerprint density at radius 2 is 1.78 bits per heavy atom. The minimum Gasteiger partial charge on any atom is -0.361 e. The van der Waals surface area contributed by atoms with Crippen LogP contribution in [0.4, 0.5) is 5.69 Å². The van der Waals surface area contributed by atoms with Crippen LogP contribution in [0.15, 0.2) is 79.0 Å². The number of nitrogens with one attached hydrogen (secondary N) is 1. The first-order valence-electron chi connectivity index (χ1n) is 12.7. The van der Waals surface area contributed by atoms with Crippen molar-refractivity contribution in [3.63, 3.8) is 0 Å². The van der Waals surface area contributed by atoms with E-state index < -0.39 is 6.04 Å². The maximum Gasteiger partial charge on any atom is 0.257 e. The highest BCUT2D eigenvalue weighted by Crippen LogP contribution is 2.29. The number of aryl methyl sites for hydroxylation is 1. The zero-order valence-corrected chi connectivity index (χ0v) is 21.4. The van der Waals surface area contributed by atoms with Gasteiger partial charge in [-0.25, -0.2) is 4.90 Å². The number of anilines is 1. The topological polar surface area (TPSA) is 73.5 Å². The standard InChI is InChI=1S/C31H31N3O3/c1-20(2)22-11-13-25(14-12-22)34-29(35)18-28(31(34)37)33(30(36)23-8-6-7-21(3)17-23)16-15-24-19-32-27-10-5-4-9-26(24)27/h4-14,17,19-20,28,32H,15-16,18H2,1-3H3. The van der Waals surface area contributed by atoms with Crippen molar-refractivity contribution in [1.82, 2.24) is 9.88 Å². The molecule has 1 saturated heterocycles. The van der Waals surface area contributed by atoms with Crippen molar-refractivity contribution >= 4 is 34.3 Å². The van der Waals surface area contributed by atoms with E-state index in [2.05, 4.69) is 18.8 Å². The number of nitrogens with zero attached hydrogens (tertiary/aromatic N) is 2. The van der Waals surface area contributed by atoms with E-state index in [1.807, 2.05) is 79.9 Å². The van der Waals surface area contributed by atoms with Crippen LogP contribution in [0.25, 0.3) is 10.9 Å². The lowest BCUT2D eigenvalue weighted by molar-refractivity contribution is -0.122. The van der Waals surface area contributed by atoms with E-state index in [9.17, 15) is 14.4 Å². The van der Waals surface area contributed by atoms with E-state index in [4.69, 9.17) is 0 Å². The van der Waals surface area contributed by atoms with Gasteiger partial charge in [0.15, 0.2) is 0 Å². The molecular formula is C31H31N3O3. The molecule has 188 valence electrons. The number of rotatable bonds is 7. The van der Waals surface area contributed by atoms with Crippen LogP contribution in [0.2, 0.25) is 0 Å². The highest BCUT2D eigenvalue weighted by atomic mass is 16.2. The Balaban J connectivity index is 1.45. The Kier molecular flexibility index (Phi) is 6.66. The highest BCUT2D eigenvalue weighted by Gasteiger charge is 2.44. The van der Waals surface area contributed by atoms with Crippen LogP contribution in [0.1, 0.15) is 53.2 Å². The van der Waals surface area contributed by atoms with E-state index in [0.29, 0.717) is 30.1 Å². The molecule has 1 N–H and O–H groups in total. The molecule has 0 bridgehead atoms. The molecule has 0 radical (unpaired) electrons. The molecule has 1 aliphatic heterocycles. The van der Waals surface area contributed by atoms with Gasteiger partial charge in [-0.2, -0.15) is 0 Å². The first-order valence-corrected chi connectivity index (χ1v) is 12.7. The Bertz CT molecular complexity index is 1470. The predicted molar refractivity (Wildman–Crippen MR) is 146 cm³/mol. The van der Waals surface area contributed by atoms with Gasteiger partial charge in [-0.15, -0.1) is 0 Å². The minimum absolute atomic E-state index is 0.0315. The van der Waals surface area contributed by atoms with Gasteiger partial charge in [-0.05, 0) is 60.7 Å². The molecule has 0 spiro atoms. The molecule has 5 rings (SSSR count). The van der Waals surface area contributed by atoms with Gasteiger partial charge in [0.2, 0.25) is 5.91 Å². The molecule has 4 aromatic rings. The molecule has 1 aliphatic rings. The van der Waals surface area contributed by atoms with Crippen LogP contribution in [-0.4, -0.2) is 40.2 Å². The number of hydrogen-bond acceptors (Lipinski definition) is 3. The molecule has 6 nitrogen and oxygen atoms in total. The fourth-order valence-electron chi connectivity index (χ4n) is 5.06. The predicted octanol–water partition coefficient (Wildman–Crippen LogP) is 5.62. The molecule has 2 heterocycles. The lowest BCUT2D eigenvalue weighted by atomic mass is 10.0. The van der Waals surface area contributed by atoms with Crippen LogP contribution >= 0.6 is 0 Å². The average molecular weight is 494 g/mol. The molecule has 6 heteroatoms. The molecular weight excluding hydrogens is 462 g/mol. The molecule has 1 atom stereocenters. The molecule has 3 amide bonds. The zero-order chi connectivity index (χ0) is 26.1. The Morgan fingerprint density at radius 3 is 2.51 bits per heavy atom. The quantitative estimate of drug-likeness (QED) is 0.340. The van der Waals surface area contributed by atoms with E-state index in [1.165, 1.54) is 4.90 Å². The van der Waals surface area contributed by atoms with Gasteiger partial charge in [0, 0.05) is 29.2 Å². The van der Waals surface area contributed by atoms with Crippen molar-refractivity contribution < 1.29 is 14.4 Å². The largest absolute Gasteiger partial charge is 0.361 e. The summed E-state index contributed by atoms with van der Waals surface area (Å²) >= 11 is 0. The number of aromatic amines is 1. The van der Waals surface area contributed by atoms with E-state index in [1.54, 1.807) is 11.0 Å². The van der Waals surface area contributed by atoms with Crippen LogP contribution in [0, 0.1) is 6.92 Å². The minimum atomic E-state index is -0.851. The molecule has 3 aromatic carbocycles. The molecule has 1 aromatic heterocycles. The van der Waals surface area contributed by atoms with Crippen LogP contribution in [0.3, 0.4) is 0 Å². The second-order valence-electron chi connectivity index (χ2n) is 10.0. The van der Waals surface area contributed by atoms with Gasteiger partial charge < -0.3 is 9.88 Å². The molecule has 1 fully saturated rings. The monoisotopic (exact) mass is 493 g/mol. The van der Waals surface area contributed by atoms with Crippen LogP contribution in [-0.2, 0) is 16.0 Å². The number of aromatic nitrogens is 1. The van der Waals surface area contributed by atoms with E-state index >= 15 is 0 Å². The summed E-state index contributed by atoms with van der Waals surface area (Å²) in [5.74, 6) is -0.547. The van der Waals surface area contributed by atoms with Gasteiger partial charge in [-0.3, -0.25) is 14.4 Å². The van der Waals surface area contributed by atoms with Gasteiger partial charge in [-0.1, -0.05) is 61.9 Å². The second-order valence-corrected chi connectivity index (χ2v) is 10.0. The Hall–Kier alpha value is -4.19. The lowest BCUT2D eigenvalue weighted by Gasteiger charge is -2.28. The third-order valence-corrected chi connectivity index (χ3v) is 7.14. The van der Waals surface area contributed by atoms with E-state index in [-0.39, 0.29) is 24.1 Å². The number of H-pyrrole nitrogens is 1.